The second-order valence-electron chi connectivity index (χ2n) is 5.42. The van der Waals surface area contributed by atoms with Gasteiger partial charge in [-0.05, 0) is 0 Å². The van der Waals surface area contributed by atoms with Crippen LogP contribution in [0.25, 0.3) is 0 Å². The van der Waals surface area contributed by atoms with Crippen molar-refractivity contribution < 1.29 is 38.1 Å². The second kappa shape index (κ2) is 7.91. The fourth-order valence-electron chi connectivity index (χ4n) is 2.37. The minimum absolute atomic E-state index is 0.149. The van der Waals surface area contributed by atoms with Gasteiger partial charge in [0.1, 0.15) is 12.7 Å². The lowest BCUT2D eigenvalue weighted by Crippen LogP contribution is -2.41. The van der Waals surface area contributed by atoms with Gasteiger partial charge < -0.3 is 24.7 Å². The Morgan fingerprint density at radius 2 is 1.77 bits per heavy atom. The van der Waals surface area contributed by atoms with Gasteiger partial charge in [0.15, 0.2) is 18.4 Å². The van der Waals surface area contributed by atoms with E-state index in [2.05, 4.69) is 15.3 Å². The maximum absolute atomic E-state index is 11.7. The minimum atomic E-state index is -1.22. The first-order valence-corrected chi connectivity index (χ1v) is 7.54. The molecule has 142 valence electrons. The quantitative estimate of drug-likeness (QED) is 0.410. The molecule has 1 saturated heterocycles. The Morgan fingerprint density at radius 1 is 1.15 bits per heavy atom. The Kier molecular flexibility index (Phi) is 5.87. The van der Waals surface area contributed by atoms with Crippen molar-refractivity contribution in [2.45, 2.75) is 45.3 Å². The van der Waals surface area contributed by atoms with Crippen molar-refractivity contribution in [1.82, 2.24) is 5.32 Å². The van der Waals surface area contributed by atoms with E-state index in [0.29, 0.717) is 0 Å². The van der Waals surface area contributed by atoms with Gasteiger partial charge in [-0.2, -0.15) is 4.99 Å². The van der Waals surface area contributed by atoms with Crippen molar-refractivity contribution in [1.29, 1.82) is 0 Å². The molecule has 1 fully saturated rings. The highest BCUT2D eigenvalue weighted by Gasteiger charge is 2.50. The zero-order valence-corrected chi connectivity index (χ0v) is 14.3. The standard InChI is InChI=1S/C14H18N4O8/c1-5(19)23-4-8-9(24-6(2)20)10(25-7(3)21)13(26-8)16-11-12(22)18-14(15)17-11/h8-10,13H,4H2,1-3H3,(H3,15,16,17,18,22)/t8-,9-,10-,13-/m1/s1. The molecule has 0 aromatic rings. The summed E-state index contributed by atoms with van der Waals surface area (Å²) in [5, 5.41) is 2.23. The van der Waals surface area contributed by atoms with Gasteiger partial charge in [-0.3, -0.25) is 24.5 Å². The van der Waals surface area contributed by atoms with Crippen LogP contribution >= 0.6 is 0 Å². The number of esters is 3. The molecule has 12 nitrogen and oxygen atoms in total. The number of amidine groups is 1. The molecule has 3 N–H and O–H groups in total. The Bertz CT molecular complexity index is 688. The van der Waals surface area contributed by atoms with Gasteiger partial charge >= 0.3 is 17.9 Å². The van der Waals surface area contributed by atoms with E-state index in [0.717, 1.165) is 13.8 Å². The van der Waals surface area contributed by atoms with E-state index in [-0.39, 0.29) is 18.4 Å². The Hall–Kier alpha value is -3.02. The smallest absolute Gasteiger partial charge is 0.303 e. The number of amides is 1. The molecule has 0 saturated carbocycles. The third-order valence-electron chi connectivity index (χ3n) is 3.26. The molecule has 0 radical (unpaired) electrons. The first kappa shape index (κ1) is 19.3. The number of hydrogen-bond acceptors (Lipinski definition) is 10. The van der Waals surface area contributed by atoms with E-state index in [1.165, 1.54) is 6.92 Å². The van der Waals surface area contributed by atoms with E-state index in [1.54, 1.807) is 0 Å². The number of carbonyl (C=O) groups excluding carboxylic acids is 4. The van der Waals surface area contributed by atoms with Crippen LogP contribution < -0.4 is 11.1 Å². The van der Waals surface area contributed by atoms with E-state index in [1.807, 2.05) is 0 Å². The average molecular weight is 370 g/mol. The Balaban J connectivity index is 2.30. The molecule has 0 aromatic carbocycles. The van der Waals surface area contributed by atoms with Crippen molar-refractivity contribution in [3.05, 3.63) is 0 Å². The van der Waals surface area contributed by atoms with Crippen molar-refractivity contribution in [2.24, 2.45) is 15.7 Å². The van der Waals surface area contributed by atoms with Crippen molar-refractivity contribution >= 4 is 35.6 Å². The SMILES string of the molecule is CC(=O)OC[C@H]1O[C@@H](/N=C2/N=C(N)NC2=O)[C@H](OC(C)=O)[C@@H]1OC(C)=O. The largest absolute Gasteiger partial charge is 0.463 e. The van der Waals surface area contributed by atoms with Crippen molar-refractivity contribution in [3.63, 3.8) is 0 Å². The van der Waals surface area contributed by atoms with Crippen molar-refractivity contribution in [3.8, 4) is 0 Å². The number of nitrogens with one attached hydrogen (secondary N) is 1. The number of guanidine groups is 1. The zero-order chi connectivity index (χ0) is 19.4. The van der Waals surface area contributed by atoms with Crippen LogP contribution in [0, 0.1) is 0 Å². The summed E-state index contributed by atoms with van der Waals surface area (Å²) in [6.07, 6.45) is -4.46. The highest BCUT2D eigenvalue weighted by molar-refractivity contribution is 6.46. The Morgan fingerprint density at radius 3 is 2.27 bits per heavy atom. The summed E-state index contributed by atoms with van der Waals surface area (Å²) < 4.78 is 20.7. The number of ether oxygens (including phenoxy) is 4. The summed E-state index contributed by atoms with van der Waals surface area (Å²) in [4.78, 5) is 53.3. The number of hydrogen-bond donors (Lipinski definition) is 2. The number of carbonyl (C=O) groups is 4. The van der Waals surface area contributed by atoms with Crippen LogP contribution in [-0.2, 0) is 38.1 Å². The summed E-state index contributed by atoms with van der Waals surface area (Å²) in [6, 6.07) is 0. The summed E-state index contributed by atoms with van der Waals surface area (Å²) >= 11 is 0. The van der Waals surface area contributed by atoms with E-state index in [9.17, 15) is 19.2 Å². The van der Waals surface area contributed by atoms with Gasteiger partial charge in [0, 0.05) is 20.8 Å². The Labute approximate surface area is 147 Å². The molecule has 0 spiro atoms. The molecule has 12 heteroatoms. The molecule has 2 aliphatic heterocycles. The number of nitrogens with two attached hydrogens (primary N) is 1. The van der Waals surface area contributed by atoms with E-state index >= 15 is 0 Å². The van der Waals surface area contributed by atoms with Gasteiger partial charge in [0.2, 0.25) is 11.8 Å². The van der Waals surface area contributed by atoms with Crippen LogP contribution in [0.2, 0.25) is 0 Å². The van der Waals surface area contributed by atoms with Gasteiger partial charge in [-0.15, -0.1) is 0 Å². The topological polar surface area (TPSA) is 168 Å². The van der Waals surface area contributed by atoms with Crippen LogP contribution in [0.15, 0.2) is 9.98 Å². The van der Waals surface area contributed by atoms with Crippen LogP contribution in [-0.4, -0.2) is 66.8 Å². The molecular weight excluding hydrogens is 352 g/mol. The first-order chi connectivity index (χ1) is 12.2. The van der Waals surface area contributed by atoms with E-state index < -0.39 is 48.4 Å². The minimum Gasteiger partial charge on any atom is -0.463 e. The van der Waals surface area contributed by atoms with Crippen LogP contribution in [0.5, 0.6) is 0 Å². The molecule has 2 heterocycles. The maximum Gasteiger partial charge on any atom is 0.303 e. The van der Waals surface area contributed by atoms with Gasteiger partial charge in [0.05, 0.1) is 0 Å². The van der Waals surface area contributed by atoms with Gasteiger partial charge in [-0.1, -0.05) is 0 Å². The second-order valence-corrected chi connectivity index (χ2v) is 5.42. The lowest BCUT2D eigenvalue weighted by Gasteiger charge is -2.22. The normalized spacial score (nSPS) is 29.1. The van der Waals surface area contributed by atoms with Crippen LogP contribution in [0.3, 0.4) is 0 Å². The molecule has 0 bridgehead atoms. The first-order valence-electron chi connectivity index (χ1n) is 7.54. The lowest BCUT2D eigenvalue weighted by molar-refractivity contribution is -0.165. The van der Waals surface area contributed by atoms with E-state index in [4.69, 9.17) is 24.7 Å². The predicted octanol–water partition coefficient (Wildman–Crippen LogP) is -2.02. The van der Waals surface area contributed by atoms with Gasteiger partial charge in [0.25, 0.3) is 5.91 Å². The number of aliphatic imine (C=N–C) groups is 2. The highest BCUT2D eigenvalue weighted by Crippen LogP contribution is 2.29. The molecule has 0 aromatic heterocycles. The summed E-state index contributed by atoms with van der Waals surface area (Å²) in [5.41, 5.74) is 5.39. The monoisotopic (exact) mass is 370 g/mol. The molecule has 2 rings (SSSR count). The molecule has 0 unspecified atom stereocenters. The van der Waals surface area contributed by atoms with Crippen molar-refractivity contribution in [2.75, 3.05) is 6.61 Å². The highest BCUT2D eigenvalue weighted by atomic mass is 16.7. The molecule has 0 aliphatic carbocycles. The molecular formula is C14H18N4O8. The average Bonchev–Trinajstić information content (AvgIpc) is 2.98. The fraction of sp³-hybridized carbons (Fsp3) is 0.571. The zero-order valence-electron chi connectivity index (χ0n) is 14.3. The summed E-state index contributed by atoms with van der Waals surface area (Å²) in [7, 11) is 0. The third kappa shape index (κ3) is 4.75. The van der Waals surface area contributed by atoms with Crippen LogP contribution in [0.1, 0.15) is 20.8 Å². The lowest BCUT2D eigenvalue weighted by atomic mass is 10.1. The third-order valence-corrected chi connectivity index (χ3v) is 3.26. The number of rotatable bonds is 5. The molecule has 26 heavy (non-hydrogen) atoms. The molecule has 1 amide bonds. The molecule has 4 atom stereocenters. The fourth-order valence-corrected chi connectivity index (χ4v) is 2.37. The summed E-state index contributed by atoms with van der Waals surface area (Å²) in [6.45, 7) is 3.22. The maximum atomic E-state index is 11.7. The molecule has 2 aliphatic rings. The van der Waals surface area contributed by atoms with Gasteiger partial charge in [-0.25, -0.2) is 4.99 Å². The predicted molar refractivity (Wildman–Crippen MR) is 83.6 cm³/mol. The summed E-state index contributed by atoms with van der Waals surface area (Å²) in [5.74, 6) is -3.05. The van der Waals surface area contributed by atoms with Crippen LogP contribution in [0.4, 0.5) is 0 Å². The number of nitrogens with zero attached hydrogens (tertiary/aromatic N) is 2.